The fourth-order valence-electron chi connectivity index (χ4n) is 1.74. The van der Waals surface area contributed by atoms with Gasteiger partial charge in [-0.3, -0.25) is 4.68 Å². The molecule has 0 aliphatic carbocycles. The Morgan fingerprint density at radius 3 is 2.47 bits per heavy atom. The third kappa shape index (κ3) is 2.49. The smallest absolute Gasteiger partial charge is 0.186 e. The van der Waals surface area contributed by atoms with Gasteiger partial charge in [0.15, 0.2) is 5.96 Å². The van der Waals surface area contributed by atoms with E-state index in [2.05, 4.69) is 23.9 Å². The summed E-state index contributed by atoms with van der Waals surface area (Å²) in [5, 5.41) is 4.44. The summed E-state index contributed by atoms with van der Waals surface area (Å²) in [5.74, 6) is 0.128. The highest BCUT2D eigenvalue weighted by atomic mass is 15.3. The van der Waals surface area contributed by atoms with Crippen LogP contribution in [-0.4, -0.2) is 15.7 Å². The highest BCUT2D eigenvalue weighted by molar-refractivity contribution is 5.75. The van der Waals surface area contributed by atoms with Crippen molar-refractivity contribution in [2.24, 2.45) is 23.5 Å². The molecule has 0 aromatic carbocycles. The first kappa shape index (κ1) is 11.6. The highest BCUT2D eigenvalue weighted by Gasteiger charge is 2.12. The monoisotopic (exact) mass is 209 g/mol. The molecule has 0 saturated heterocycles. The fraction of sp³-hybridized carbons (Fsp3) is 0.600. The van der Waals surface area contributed by atoms with Gasteiger partial charge in [-0.05, 0) is 12.8 Å². The van der Waals surface area contributed by atoms with Crippen molar-refractivity contribution in [3.63, 3.8) is 0 Å². The van der Waals surface area contributed by atoms with Gasteiger partial charge < -0.3 is 11.5 Å². The molecule has 5 heteroatoms. The summed E-state index contributed by atoms with van der Waals surface area (Å²) >= 11 is 0. The van der Waals surface area contributed by atoms with Gasteiger partial charge in [0.05, 0.1) is 12.2 Å². The average molecular weight is 209 g/mol. The standard InChI is InChI=1S/C10H19N5/c1-4-8-7(6-13-10(11)12)9(5-2)15(3)14-8/h4-6H2,1-3H3,(H4,11,12,13). The lowest BCUT2D eigenvalue weighted by molar-refractivity contribution is 0.703. The van der Waals surface area contributed by atoms with E-state index < -0.39 is 0 Å². The Kier molecular flexibility index (Phi) is 3.71. The van der Waals surface area contributed by atoms with Crippen LogP contribution >= 0.6 is 0 Å². The molecule has 1 aromatic heterocycles. The maximum atomic E-state index is 5.33. The molecule has 4 N–H and O–H groups in total. The minimum absolute atomic E-state index is 0.128. The van der Waals surface area contributed by atoms with Gasteiger partial charge in [0, 0.05) is 18.3 Å². The average Bonchev–Trinajstić information content (AvgIpc) is 2.50. The largest absolute Gasteiger partial charge is 0.370 e. The molecule has 0 aliphatic heterocycles. The zero-order chi connectivity index (χ0) is 11.4. The summed E-state index contributed by atoms with van der Waals surface area (Å²) in [4.78, 5) is 4.04. The first-order valence-corrected chi connectivity index (χ1v) is 5.19. The van der Waals surface area contributed by atoms with Crippen molar-refractivity contribution in [1.82, 2.24) is 9.78 Å². The molecule has 0 spiro atoms. The van der Waals surface area contributed by atoms with Crippen molar-refractivity contribution >= 4 is 5.96 Å². The van der Waals surface area contributed by atoms with E-state index in [9.17, 15) is 0 Å². The second-order valence-corrected chi connectivity index (χ2v) is 3.44. The van der Waals surface area contributed by atoms with Gasteiger partial charge in [0.2, 0.25) is 0 Å². The number of guanidine groups is 1. The van der Waals surface area contributed by atoms with Crippen molar-refractivity contribution in [2.75, 3.05) is 0 Å². The van der Waals surface area contributed by atoms with Gasteiger partial charge in [-0.15, -0.1) is 0 Å². The number of aliphatic imine (C=N–C) groups is 1. The SMILES string of the molecule is CCc1nn(C)c(CC)c1CN=C(N)N. The second-order valence-electron chi connectivity index (χ2n) is 3.44. The zero-order valence-electron chi connectivity index (χ0n) is 9.62. The van der Waals surface area contributed by atoms with Crippen LogP contribution in [0, 0.1) is 0 Å². The minimum atomic E-state index is 0.128. The van der Waals surface area contributed by atoms with E-state index >= 15 is 0 Å². The van der Waals surface area contributed by atoms with Crippen LogP contribution in [0.3, 0.4) is 0 Å². The first-order chi connectivity index (χ1) is 7.10. The molecular weight excluding hydrogens is 190 g/mol. The van der Waals surface area contributed by atoms with Gasteiger partial charge in [-0.2, -0.15) is 5.10 Å². The van der Waals surface area contributed by atoms with Gasteiger partial charge in [-0.1, -0.05) is 13.8 Å². The number of nitrogens with zero attached hydrogens (tertiary/aromatic N) is 3. The Morgan fingerprint density at radius 2 is 2.00 bits per heavy atom. The summed E-state index contributed by atoms with van der Waals surface area (Å²) in [7, 11) is 1.96. The number of aryl methyl sites for hydroxylation is 2. The van der Waals surface area contributed by atoms with Crippen LogP contribution in [0.1, 0.15) is 30.8 Å². The molecular formula is C10H19N5. The van der Waals surface area contributed by atoms with Crippen LogP contribution in [0.5, 0.6) is 0 Å². The fourth-order valence-corrected chi connectivity index (χ4v) is 1.74. The summed E-state index contributed by atoms with van der Waals surface area (Å²) < 4.78 is 1.91. The summed E-state index contributed by atoms with van der Waals surface area (Å²) in [5.41, 5.74) is 14.1. The van der Waals surface area contributed by atoms with Crippen molar-refractivity contribution in [3.8, 4) is 0 Å². The molecule has 0 amide bonds. The van der Waals surface area contributed by atoms with Gasteiger partial charge in [0.25, 0.3) is 0 Å². The van der Waals surface area contributed by atoms with E-state index in [1.54, 1.807) is 0 Å². The van der Waals surface area contributed by atoms with Crippen LogP contribution in [0.25, 0.3) is 0 Å². The Hall–Kier alpha value is -1.52. The predicted octanol–water partition coefficient (Wildman–Crippen LogP) is 0.318. The second kappa shape index (κ2) is 4.82. The van der Waals surface area contributed by atoms with Gasteiger partial charge in [0.1, 0.15) is 0 Å². The molecule has 1 rings (SSSR count). The third-order valence-electron chi connectivity index (χ3n) is 2.45. The van der Waals surface area contributed by atoms with E-state index in [0.29, 0.717) is 6.54 Å². The molecule has 0 aliphatic rings. The van der Waals surface area contributed by atoms with E-state index in [1.807, 2.05) is 11.7 Å². The minimum Gasteiger partial charge on any atom is -0.370 e. The zero-order valence-corrected chi connectivity index (χ0v) is 9.62. The molecule has 0 radical (unpaired) electrons. The van der Waals surface area contributed by atoms with Crippen LogP contribution in [-0.2, 0) is 26.4 Å². The first-order valence-electron chi connectivity index (χ1n) is 5.19. The Balaban J connectivity index is 3.06. The maximum Gasteiger partial charge on any atom is 0.186 e. The lowest BCUT2D eigenvalue weighted by Crippen LogP contribution is -2.22. The lowest BCUT2D eigenvalue weighted by atomic mass is 10.1. The van der Waals surface area contributed by atoms with Crippen LogP contribution in [0.4, 0.5) is 0 Å². The number of hydrogen-bond acceptors (Lipinski definition) is 2. The number of rotatable bonds is 4. The van der Waals surface area contributed by atoms with Crippen molar-refractivity contribution in [1.29, 1.82) is 0 Å². The van der Waals surface area contributed by atoms with E-state index in [-0.39, 0.29) is 5.96 Å². The molecule has 84 valence electrons. The van der Waals surface area contributed by atoms with Gasteiger partial charge >= 0.3 is 0 Å². The van der Waals surface area contributed by atoms with E-state index in [4.69, 9.17) is 11.5 Å². The topological polar surface area (TPSA) is 82.2 Å². The Morgan fingerprint density at radius 1 is 1.33 bits per heavy atom. The van der Waals surface area contributed by atoms with E-state index in [0.717, 1.165) is 24.1 Å². The third-order valence-corrected chi connectivity index (χ3v) is 2.45. The molecule has 5 nitrogen and oxygen atoms in total. The number of aromatic nitrogens is 2. The molecule has 0 atom stereocenters. The molecule has 0 unspecified atom stereocenters. The van der Waals surface area contributed by atoms with Crippen molar-refractivity contribution in [2.45, 2.75) is 33.2 Å². The maximum absolute atomic E-state index is 5.33. The molecule has 15 heavy (non-hydrogen) atoms. The Bertz CT molecular complexity index is 360. The molecule has 1 aromatic rings. The van der Waals surface area contributed by atoms with Crippen LogP contribution in [0.2, 0.25) is 0 Å². The summed E-state index contributed by atoms with van der Waals surface area (Å²) in [6, 6.07) is 0. The summed E-state index contributed by atoms with van der Waals surface area (Å²) in [6.45, 7) is 4.72. The van der Waals surface area contributed by atoms with Crippen molar-refractivity contribution in [3.05, 3.63) is 17.0 Å². The number of nitrogens with two attached hydrogens (primary N) is 2. The van der Waals surface area contributed by atoms with E-state index in [1.165, 1.54) is 5.69 Å². The van der Waals surface area contributed by atoms with Crippen molar-refractivity contribution < 1.29 is 0 Å². The van der Waals surface area contributed by atoms with Crippen LogP contribution in [0.15, 0.2) is 4.99 Å². The predicted molar refractivity (Wildman–Crippen MR) is 61.5 cm³/mol. The lowest BCUT2D eigenvalue weighted by Gasteiger charge is -2.01. The normalized spacial score (nSPS) is 10.3. The Labute approximate surface area is 90.2 Å². The summed E-state index contributed by atoms with van der Waals surface area (Å²) in [6.07, 6.45) is 1.85. The molecule has 0 fully saturated rings. The van der Waals surface area contributed by atoms with Gasteiger partial charge in [-0.25, -0.2) is 4.99 Å². The molecule has 0 saturated carbocycles. The van der Waals surface area contributed by atoms with Crippen LogP contribution < -0.4 is 11.5 Å². The number of hydrogen-bond donors (Lipinski definition) is 2. The quantitative estimate of drug-likeness (QED) is 0.553. The highest BCUT2D eigenvalue weighted by Crippen LogP contribution is 2.16. The molecule has 1 heterocycles. The molecule has 0 bridgehead atoms.